The van der Waals surface area contributed by atoms with Gasteiger partial charge in [0.15, 0.2) is 6.10 Å². The Hall–Kier alpha value is -1.55. The quantitative estimate of drug-likeness (QED) is 0.753. The SMILES string of the molecule is CCCCN1CCC(NC(=O)C(C)Oc2ccc(C(C)C)c(C)c2)CC1. The molecule has 0 saturated carbocycles. The van der Waals surface area contributed by atoms with Crippen LogP contribution >= 0.6 is 0 Å². The number of nitrogens with one attached hydrogen (secondary N) is 1. The van der Waals surface area contributed by atoms with Gasteiger partial charge in [0.25, 0.3) is 5.91 Å². The molecule has 0 bridgehead atoms. The van der Waals surface area contributed by atoms with Gasteiger partial charge in [-0.1, -0.05) is 33.3 Å². The molecule has 4 heteroatoms. The normalized spacial score (nSPS) is 17.3. The summed E-state index contributed by atoms with van der Waals surface area (Å²) in [6, 6.07) is 6.38. The summed E-state index contributed by atoms with van der Waals surface area (Å²) in [5.74, 6) is 1.25. The fourth-order valence-corrected chi connectivity index (χ4v) is 3.63. The first-order valence-electron chi connectivity index (χ1n) is 10.2. The Morgan fingerprint density at radius 2 is 1.96 bits per heavy atom. The molecular formula is C22H36N2O2. The molecule has 26 heavy (non-hydrogen) atoms. The van der Waals surface area contributed by atoms with Gasteiger partial charge in [-0.2, -0.15) is 0 Å². The summed E-state index contributed by atoms with van der Waals surface area (Å²) >= 11 is 0. The number of amides is 1. The monoisotopic (exact) mass is 360 g/mol. The van der Waals surface area contributed by atoms with Crippen molar-refractivity contribution in [3.63, 3.8) is 0 Å². The predicted molar refractivity (Wildman–Crippen MR) is 108 cm³/mol. The maximum absolute atomic E-state index is 12.5. The first kappa shape index (κ1) is 20.8. The highest BCUT2D eigenvalue weighted by atomic mass is 16.5. The minimum absolute atomic E-state index is 0.0115. The standard InChI is InChI=1S/C22H36N2O2/c1-6-7-12-24-13-10-19(11-14-24)23-22(25)18(5)26-20-8-9-21(16(2)3)17(4)15-20/h8-9,15-16,18-19H,6-7,10-14H2,1-5H3,(H,23,25). The number of piperidine rings is 1. The van der Waals surface area contributed by atoms with Crippen LogP contribution in [0.5, 0.6) is 5.75 Å². The van der Waals surface area contributed by atoms with Crippen molar-refractivity contribution in [3.8, 4) is 5.75 Å². The number of unbranched alkanes of at least 4 members (excludes halogenated alkanes) is 1. The van der Waals surface area contributed by atoms with Crippen molar-refractivity contribution < 1.29 is 9.53 Å². The van der Waals surface area contributed by atoms with Gasteiger partial charge in [0.05, 0.1) is 0 Å². The Kier molecular flexibility index (Phi) is 7.95. The predicted octanol–water partition coefficient (Wildman–Crippen LogP) is 4.27. The average molecular weight is 361 g/mol. The molecule has 1 aromatic carbocycles. The highest BCUT2D eigenvalue weighted by molar-refractivity contribution is 5.81. The van der Waals surface area contributed by atoms with E-state index in [2.05, 4.69) is 44.0 Å². The van der Waals surface area contributed by atoms with Gasteiger partial charge in [-0.3, -0.25) is 4.79 Å². The minimum atomic E-state index is -0.475. The van der Waals surface area contributed by atoms with Crippen molar-refractivity contribution in [2.75, 3.05) is 19.6 Å². The Morgan fingerprint density at radius 1 is 1.27 bits per heavy atom. The zero-order chi connectivity index (χ0) is 19.1. The summed E-state index contributed by atoms with van der Waals surface area (Å²) in [6.45, 7) is 13.9. The van der Waals surface area contributed by atoms with Crippen LogP contribution in [0.3, 0.4) is 0 Å². The number of rotatable bonds is 8. The Morgan fingerprint density at radius 3 is 2.54 bits per heavy atom. The first-order chi connectivity index (χ1) is 12.4. The van der Waals surface area contributed by atoms with Crippen molar-refractivity contribution in [2.45, 2.75) is 78.4 Å². The number of hydrogen-bond acceptors (Lipinski definition) is 3. The second-order valence-corrected chi connectivity index (χ2v) is 7.91. The number of ether oxygens (including phenoxy) is 1. The zero-order valence-electron chi connectivity index (χ0n) is 17.2. The van der Waals surface area contributed by atoms with E-state index in [9.17, 15) is 4.79 Å². The molecule has 1 heterocycles. The van der Waals surface area contributed by atoms with Gasteiger partial charge >= 0.3 is 0 Å². The Bertz CT molecular complexity index is 578. The molecule has 0 radical (unpaired) electrons. The largest absolute Gasteiger partial charge is 0.481 e. The molecule has 1 fully saturated rings. The van der Waals surface area contributed by atoms with Gasteiger partial charge in [-0.05, 0) is 68.8 Å². The third-order valence-electron chi connectivity index (χ3n) is 5.31. The van der Waals surface area contributed by atoms with E-state index in [1.807, 2.05) is 19.1 Å². The molecule has 1 aliphatic heterocycles. The lowest BCUT2D eigenvalue weighted by molar-refractivity contribution is -0.128. The van der Waals surface area contributed by atoms with E-state index >= 15 is 0 Å². The van der Waals surface area contributed by atoms with E-state index in [4.69, 9.17) is 4.74 Å². The summed E-state index contributed by atoms with van der Waals surface area (Å²) < 4.78 is 5.89. The molecule has 0 spiro atoms. The molecule has 1 aliphatic rings. The average Bonchev–Trinajstić information content (AvgIpc) is 2.60. The van der Waals surface area contributed by atoms with Crippen LogP contribution in [-0.4, -0.2) is 42.6 Å². The van der Waals surface area contributed by atoms with Crippen molar-refractivity contribution in [1.82, 2.24) is 10.2 Å². The highest BCUT2D eigenvalue weighted by Crippen LogP contribution is 2.24. The van der Waals surface area contributed by atoms with Crippen LogP contribution in [0.25, 0.3) is 0 Å². The number of likely N-dealkylation sites (tertiary alicyclic amines) is 1. The number of aryl methyl sites for hydroxylation is 1. The fourth-order valence-electron chi connectivity index (χ4n) is 3.63. The van der Waals surface area contributed by atoms with E-state index in [1.165, 1.54) is 30.5 Å². The van der Waals surface area contributed by atoms with Gasteiger partial charge in [0.1, 0.15) is 5.75 Å². The molecule has 4 nitrogen and oxygen atoms in total. The van der Waals surface area contributed by atoms with Gasteiger partial charge in [-0.15, -0.1) is 0 Å². The molecule has 2 rings (SSSR count). The molecule has 1 saturated heterocycles. The van der Waals surface area contributed by atoms with Crippen molar-refractivity contribution in [1.29, 1.82) is 0 Å². The number of carbonyl (C=O) groups excluding carboxylic acids is 1. The molecule has 0 aromatic heterocycles. The second-order valence-electron chi connectivity index (χ2n) is 7.91. The number of carbonyl (C=O) groups is 1. The summed E-state index contributed by atoms with van der Waals surface area (Å²) in [5.41, 5.74) is 2.54. The summed E-state index contributed by atoms with van der Waals surface area (Å²) in [4.78, 5) is 15.0. The number of hydrogen-bond donors (Lipinski definition) is 1. The fraction of sp³-hybridized carbons (Fsp3) is 0.682. The summed E-state index contributed by atoms with van der Waals surface area (Å²) in [7, 11) is 0. The summed E-state index contributed by atoms with van der Waals surface area (Å²) in [6.07, 6.45) is 4.09. The van der Waals surface area contributed by atoms with Crippen LogP contribution in [0.4, 0.5) is 0 Å². The summed E-state index contributed by atoms with van der Waals surface area (Å²) in [5, 5.41) is 3.17. The lowest BCUT2D eigenvalue weighted by Gasteiger charge is -2.32. The minimum Gasteiger partial charge on any atom is -0.481 e. The van der Waals surface area contributed by atoms with Crippen LogP contribution in [0, 0.1) is 6.92 Å². The third kappa shape index (κ3) is 6.01. The number of benzene rings is 1. The lowest BCUT2D eigenvalue weighted by Crippen LogP contribution is -2.48. The van der Waals surface area contributed by atoms with Crippen LogP contribution in [0.15, 0.2) is 18.2 Å². The van der Waals surface area contributed by atoms with Crippen LogP contribution in [0.1, 0.15) is 70.4 Å². The van der Waals surface area contributed by atoms with Crippen molar-refractivity contribution in [2.24, 2.45) is 0 Å². The highest BCUT2D eigenvalue weighted by Gasteiger charge is 2.23. The van der Waals surface area contributed by atoms with E-state index < -0.39 is 6.10 Å². The van der Waals surface area contributed by atoms with Crippen LogP contribution in [-0.2, 0) is 4.79 Å². The topological polar surface area (TPSA) is 41.6 Å². The Labute approximate surface area is 159 Å². The lowest BCUT2D eigenvalue weighted by atomic mass is 9.98. The zero-order valence-corrected chi connectivity index (χ0v) is 17.2. The van der Waals surface area contributed by atoms with E-state index in [0.717, 1.165) is 31.7 Å². The molecular weight excluding hydrogens is 324 g/mol. The maximum Gasteiger partial charge on any atom is 0.260 e. The molecule has 1 atom stereocenters. The molecule has 1 aromatic rings. The van der Waals surface area contributed by atoms with Gasteiger partial charge in [0, 0.05) is 19.1 Å². The van der Waals surface area contributed by atoms with Gasteiger partial charge in [0.2, 0.25) is 0 Å². The van der Waals surface area contributed by atoms with Crippen LogP contribution < -0.4 is 10.1 Å². The number of nitrogens with zero attached hydrogens (tertiary/aromatic N) is 1. The molecule has 0 aliphatic carbocycles. The van der Waals surface area contributed by atoms with E-state index in [0.29, 0.717) is 5.92 Å². The smallest absolute Gasteiger partial charge is 0.260 e. The first-order valence-corrected chi connectivity index (χ1v) is 10.2. The van der Waals surface area contributed by atoms with Gasteiger partial charge in [-0.25, -0.2) is 0 Å². The van der Waals surface area contributed by atoms with Crippen molar-refractivity contribution >= 4 is 5.91 Å². The van der Waals surface area contributed by atoms with Crippen LogP contribution in [0.2, 0.25) is 0 Å². The van der Waals surface area contributed by atoms with Crippen molar-refractivity contribution in [3.05, 3.63) is 29.3 Å². The molecule has 1 unspecified atom stereocenters. The van der Waals surface area contributed by atoms with Gasteiger partial charge < -0.3 is 15.0 Å². The maximum atomic E-state index is 12.5. The second kappa shape index (κ2) is 9.96. The van der Waals surface area contributed by atoms with E-state index in [-0.39, 0.29) is 11.9 Å². The third-order valence-corrected chi connectivity index (χ3v) is 5.31. The van der Waals surface area contributed by atoms with E-state index in [1.54, 1.807) is 0 Å². The molecule has 1 amide bonds. The molecule has 146 valence electrons. The molecule has 1 N–H and O–H groups in total. The Balaban J connectivity index is 1.80.